The molecule has 1 atom stereocenters. The Morgan fingerprint density at radius 2 is 1.59 bits per heavy atom. The largest absolute Gasteiger partial charge is 0.480 e. The second-order valence-corrected chi connectivity index (χ2v) is 2.75. The van der Waals surface area contributed by atoms with E-state index in [0.717, 1.165) is 0 Å². The molecule has 90 valence electrons. The molecular weight excluding hydrogens is 280 g/mol. The third kappa shape index (κ3) is 8.50. The second-order valence-electron chi connectivity index (χ2n) is 2.75. The Morgan fingerprint density at radius 3 is 1.88 bits per heavy atom. The summed E-state index contributed by atoms with van der Waals surface area (Å²) in [4.78, 5) is 19.5. The molecule has 1 aromatic rings. The van der Waals surface area contributed by atoms with Crippen LogP contribution in [0.2, 0.25) is 0 Å². The van der Waals surface area contributed by atoms with E-state index < -0.39 is 18.0 Å². The zero-order valence-electron chi connectivity index (χ0n) is 9.11. The van der Waals surface area contributed by atoms with Gasteiger partial charge in [-0.1, -0.05) is 30.3 Å². The van der Waals surface area contributed by atoms with Gasteiger partial charge in [0.05, 0.1) is 6.54 Å². The van der Waals surface area contributed by atoms with Crippen LogP contribution in [0.5, 0.6) is 0 Å². The normalized spacial score (nSPS) is 10.2. The first-order chi connectivity index (χ1) is 7.49. The minimum Gasteiger partial charge on any atom is -0.480 e. The number of hydrogen-bond donors (Lipinski definition) is 4. The van der Waals surface area contributed by atoms with E-state index in [9.17, 15) is 9.59 Å². The Kier molecular flexibility index (Phi) is 10.5. The van der Waals surface area contributed by atoms with Crippen LogP contribution in [0.4, 0.5) is 0 Å². The maximum atomic E-state index is 10.2. The van der Waals surface area contributed by atoms with Crippen molar-refractivity contribution in [1.29, 1.82) is 0 Å². The van der Waals surface area contributed by atoms with Crippen LogP contribution in [-0.4, -0.2) is 33.8 Å². The Morgan fingerprint density at radius 1 is 1.18 bits per heavy atom. The van der Waals surface area contributed by atoms with E-state index in [4.69, 9.17) is 15.3 Å². The SMILES string of the molecule is NCC(=O)O.O=C(O)C(O)c1ccccc1.[Zn]. The fourth-order valence-electron chi connectivity index (χ4n) is 0.778. The molecule has 1 unspecified atom stereocenters. The van der Waals surface area contributed by atoms with Crippen molar-refractivity contribution in [3.63, 3.8) is 0 Å². The van der Waals surface area contributed by atoms with Crippen LogP contribution in [-0.2, 0) is 29.1 Å². The van der Waals surface area contributed by atoms with Crippen LogP contribution >= 0.6 is 0 Å². The number of aliphatic carboxylic acids is 2. The standard InChI is InChI=1S/C8H8O3.C2H5NO2.Zn/c9-7(8(10)11)6-4-2-1-3-5-6;3-1-2(4)5;/h1-5,7,9H,(H,10,11);1,3H2,(H,4,5);. The predicted octanol–water partition coefficient (Wildman–Crippen LogP) is -0.168. The average Bonchev–Trinajstić information content (AvgIpc) is 2.29. The Labute approximate surface area is 111 Å². The molecule has 0 aliphatic carbocycles. The Hall–Kier alpha value is -1.30. The quantitative estimate of drug-likeness (QED) is 0.574. The van der Waals surface area contributed by atoms with E-state index in [1.165, 1.54) is 0 Å². The zero-order valence-corrected chi connectivity index (χ0v) is 12.1. The fraction of sp³-hybridized carbons (Fsp3) is 0.200. The fourth-order valence-corrected chi connectivity index (χ4v) is 0.778. The smallest absolute Gasteiger partial charge is 0.337 e. The summed E-state index contributed by atoms with van der Waals surface area (Å²) in [5, 5.41) is 25.0. The van der Waals surface area contributed by atoms with Crippen LogP contribution in [0.25, 0.3) is 0 Å². The minimum atomic E-state index is -1.41. The van der Waals surface area contributed by atoms with Gasteiger partial charge in [-0.3, -0.25) is 4.79 Å². The molecule has 0 saturated heterocycles. The molecule has 0 aliphatic heterocycles. The van der Waals surface area contributed by atoms with Gasteiger partial charge in [0.2, 0.25) is 0 Å². The van der Waals surface area contributed by atoms with E-state index >= 15 is 0 Å². The number of carboxylic acids is 2. The van der Waals surface area contributed by atoms with Crippen LogP contribution < -0.4 is 5.73 Å². The number of rotatable bonds is 3. The molecule has 1 aromatic carbocycles. The van der Waals surface area contributed by atoms with Gasteiger partial charge in [-0.2, -0.15) is 0 Å². The molecule has 0 aromatic heterocycles. The molecule has 6 nitrogen and oxygen atoms in total. The number of benzene rings is 1. The van der Waals surface area contributed by atoms with E-state index in [-0.39, 0.29) is 26.0 Å². The average molecular weight is 293 g/mol. The van der Waals surface area contributed by atoms with Gasteiger partial charge in [0.25, 0.3) is 0 Å². The first-order valence-corrected chi connectivity index (χ1v) is 4.36. The Balaban J connectivity index is 0. The number of carboxylic acid groups (broad SMARTS) is 2. The summed E-state index contributed by atoms with van der Waals surface area (Å²) in [5.74, 6) is -2.19. The van der Waals surface area contributed by atoms with Gasteiger partial charge in [0.15, 0.2) is 6.10 Å². The molecule has 0 spiro atoms. The summed E-state index contributed by atoms with van der Waals surface area (Å²) in [6.07, 6.45) is -1.41. The molecule has 0 fully saturated rings. The maximum Gasteiger partial charge on any atom is 0.337 e. The van der Waals surface area contributed by atoms with E-state index in [1.807, 2.05) is 0 Å². The van der Waals surface area contributed by atoms with Crippen LogP contribution in [0.1, 0.15) is 11.7 Å². The molecule has 17 heavy (non-hydrogen) atoms. The molecule has 0 heterocycles. The van der Waals surface area contributed by atoms with Gasteiger partial charge in [-0.05, 0) is 5.56 Å². The molecular formula is C10H13NO5Zn. The second kappa shape index (κ2) is 9.90. The summed E-state index contributed by atoms with van der Waals surface area (Å²) < 4.78 is 0. The Bertz CT molecular complexity index is 344. The summed E-state index contributed by atoms with van der Waals surface area (Å²) in [6.45, 7) is -0.278. The number of carbonyl (C=O) groups is 2. The number of nitrogens with two attached hydrogens (primary N) is 1. The molecule has 7 heteroatoms. The van der Waals surface area contributed by atoms with Gasteiger partial charge < -0.3 is 21.1 Å². The summed E-state index contributed by atoms with van der Waals surface area (Å²) >= 11 is 0. The van der Waals surface area contributed by atoms with Crippen LogP contribution in [0.15, 0.2) is 30.3 Å². The van der Waals surface area contributed by atoms with Crippen molar-refractivity contribution in [3.8, 4) is 0 Å². The molecule has 0 bridgehead atoms. The molecule has 0 amide bonds. The monoisotopic (exact) mass is 291 g/mol. The van der Waals surface area contributed by atoms with E-state index in [0.29, 0.717) is 5.56 Å². The maximum absolute atomic E-state index is 10.2. The summed E-state index contributed by atoms with van der Waals surface area (Å²) in [7, 11) is 0. The first kappa shape index (κ1) is 18.1. The molecule has 1 rings (SSSR count). The zero-order chi connectivity index (χ0) is 12.6. The van der Waals surface area contributed by atoms with Crippen molar-refractivity contribution in [2.75, 3.05) is 6.54 Å². The van der Waals surface area contributed by atoms with Gasteiger partial charge in [0, 0.05) is 19.5 Å². The summed E-state index contributed by atoms with van der Waals surface area (Å²) in [6, 6.07) is 8.26. The molecule has 0 aliphatic rings. The van der Waals surface area contributed by atoms with Gasteiger partial charge >= 0.3 is 11.9 Å². The predicted molar refractivity (Wildman–Crippen MR) is 55.7 cm³/mol. The van der Waals surface area contributed by atoms with Crippen LogP contribution in [0.3, 0.4) is 0 Å². The number of aliphatic hydroxyl groups is 1. The van der Waals surface area contributed by atoms with Crippen molar-refractivity contribution in [3.05, 3.63) is 35.9 Å². The van der Waals surface area contributed by atoms with E-state index in [2.05, 4.69) is 5.73 Å². The van der Waals surface area contributed by atoms with Gasteiger partial charge in [-0.15, -0.1) is 0 Å². The number of aliphatic hydroxyl groups excluding tert-OH is 1. The van der Waals surface area contributed by atoms with E-state index in [1.54, 1.807) is 30.3 Å². The summed E-state index contributed by atoms with van der Waals surface area (Å²) in [5.41, 5.74) is 4.97. The van der Waals surface area contributed by atoms with Gasteiger partial charge in [-0.25, -0.2) is 4.79 Å². The molecule has 5 N–H and O–H groups in total. The number of hydrogen-bond acceptors (Lipinski definition) is 4. The minimum absolute atomic E-state index is 0. The van der Waals surface area contributed by atoms with Crippen molar-refractivity contribution in [2.45, 2.75) is 6.10 Å². The first-order valence-electron chi connectivity index (χ1n) is 4.36. The van der Waals surface area contributed by atoms with Crippen molar-refractivity contribution in [1.82, 2.24) is 0 Å². The molecule has 0 saturated carbocycles. The third-order valence-corrected chi connectivity index (χ3v) is 1.52. The van der Waals surface area contributed by atoms with Gasteiger partial charge in [0.1, 0.15) is 0 Å². The van der Waals surface area contributed by atoms with Crippen LogP contribution in [0, 0.1) is 0 Å². The van der Waals surface area contributed by atoms with Crippen molar-refractivity contribution >= 4 is 11.9 Å². The molecule has 0 radical (unpaired) electrons. The van der Waals surface area contributed by atoms with Crippen molar-refractivity contribution in [2.24, 2.45) is 5.73 Å². The van der Waals surface area contributed by atoms with Crippen molar-refractivity contribution < 1.29 is 44.4 Å². The topological polar surface area (TPSA) is 121 Å². The third-order valence-electron chi connectivity index (χ3n) is 1.52.